The number of nitrogens with zero attached hydrogens (tertiary/aromatic N) is 2. The van der Waals surface area contributed by atoms with Gasteiger partial charge in [0, 0.05) is 39.3 Å². The molecule has 6 heteroatoms. The summed E-state index contributed by atoms with van der Waals surface area (Å²) in [6.45, 7) is 2.94. The molecule has 1 saturated heterocycles. The zero-order valence-corrected chi connectivity index (χ0v) is 12.7. The van der Waals surface area contributed by atoms with E-state index in [4.69, 9.17) is 0 Å². The van der Waals surface area contributed by atoms with Gasteiger partial charge in [0.05, 0.1) is 6.10 Å². The molecule has 3 aliphatic rings. The molecular weight excluding hydrogens is 270 g/mol. The minimum atomic E-state index is -0.774. The number of rotatable bonds is 3. The number of amides is 2. The van der Waals surface area contributed by atoms with Gasteiger partial charge in [0.1, 0.15) is 5.41 Å². The van der Waals surface area contributed by atoms with Crippen LogP contribution >= 0.6 is 0 Å². The van der Waals surface area contributed by atoms with Crippen LogP contribution < -0.4 is 5.32 Å². The van der Waals surface area contributed by atoms with Crippen LogP contribution in [-0.2, 0) is 9.59 Å². The van der Waals surface area contributed by atoms with E-state index >= 15 is 0 Å². The summed E-state index contributed by atoms with van der Waals surface area (Å²) in [6.07, 6.45) is 4.17. The van der Waals surface area contributed by atoms with E-state index < -0.39 is 5.41 Å². The first kappa shape index (κ1) is 14.8. The maximum atomic E-state index is 12.6. The fourth-order valence-electron chi connectivity index (χ4n) is 3.81. The molecule has 2 saturated carbocycles. The molecule has 2 amide bonds. The third kappa shape index (κ3) is 2.55. The average Bonchev–Trinajstić information content (AvgIpc) is 3.22. The van der Waals surface area contributed by atoms with Gasteiger partial charge in [-0.1, -0.05) is 0 Å². The third-order valence-electron chi connectivity index (χ3n) is 5.34. The van der Waals surface area contributed by atoms with Crippen LogP contribution in [0, 0.1) is 5.41 Å². The van der Waals surface area contributed by atoms with E-state index in [0.29, 0.717) is 25.9 Å². The molecule has 0 aromatic heterocycles. The lowest BCUT2D eigenvalue weighted by Crippen LogP contribution is -2.56. The minimum Gasteiger partial charge on any atom is -0.391 e. The molecule has 2 unspecified atom stereocenters. The van der Waals surface area contributed by atoms with E-state index in [1.165, 1.54) is 0 Å². The second kappa shape index (κ2) is 5.57. The first-order valence-electron chi connectivity index (χ1n) is 8.02. The van der Waals surface area contributed by atoms with Gasteiger partial charge >= 0.3 is 0 Å². The van der Waals surface area contributed by atoms with Crippen molar-refractivity contribution in [2.45, 2.75) is 44.2 Å². The number of hydrogen-bond donors (Lipinski definition) is 2. The molecular formula is C15H25N3O3. The standard InChI is InChI=1S/C15H25N3O3/c1-16-13(20)15(5-6-15)14(21)18-9-7-17(8-10-18)11-3-2-4-12(11)19/h11-12,19H,2-10H2,1H3,(H,16,20). The smallest absolute Gasteiger partial charge is 0.238 e. The Kier molecular flexibility index (Phi) is 3.92. The fraction of sp³-hybridized carbons (Fsp3) is 0.867. The predicted octanol–water partition coefficient (Wildman–Crippen LogP) is -0.430. The summed E-state index contributed by atoms with van der Waals surface area (Å²) < 4.78 is 0. The first-order valence-corrected chi connectivity index (χ1v) is 8.02. The van der Waals surface area contributed by atoms with Gasteiger partial charge in [0.25, 0.3) is 0 Å². The number of aliphatic hydroxyl groups is 1. The molecule has 1 heterocycles. The van der Waals surface area contributed by atoms with Crippen molar-refractivity contribution >= 4 is 11.8 Å². The van der Waals surface area contributed by atoms with Crippen molar-refractivity contribution in [3.8, 4) is 0 Å². The summed E-state index contributed by atoms with van der Waals surface area (Å²) in [4.78, 5) is 28.6. The van der Waals surface area contributed by atoms with Crippen molar-refractivity contribution in [1.82, 2.24) is 15.1 Å². The number of piperazine rings is 1. The summed E-state index contributed by atoms with van der Waals surface area (Å²) in [5.41, 5.74) is -0.774. The van der Waals surface area contributed by atoms with Gasteiger partial charge in [0.15, 0.2) is 0 Å². The predicted molar refractivity (Wildman–Crippen MR) is 77.5 cm³/mol. The highest BCUT2D eigenvalue weighted by atomic mass is 16.3. The van der Waals surface area contributed by atoms with Crippen LogP contribution in [0.4, 0.5) is 0 Å². The Balaban J connectivity index is 1.56. The summed E-state index contributed by atoms with van der Waals surface area (Å²) >= 11 is 0. The van der Waals surface area contributed by atoms with Gasteiger partial charge in [0.2, 0.25) is 11.8 Å². The lowest BCUT2D eigenvalue weighted by molar-refractivity contribution is -0.145. The van der Waals surface area contributed by atoms with Crippen LogP contribution in [0.5, 0.6) is 0 Å². The summed E-state index contributed by atoms with van der Waals surface area (Å²) in [5.74, 6) is -0.144. The Morgan fingerprint density at radius 2 is 1.81 bits per heavy atom. The quantitative estimate of drug-likeness (QED) is 0.693. The van der Waals surface area contributed by atoms with Crippen LogP contribution in [0.15, 0.2) is 0 Å². The SMILES string of the molecule is CNC(=O)C1(C(=O)N2CCN(C3CCCC3O)CC2)CC1. The van der Waals surface area contributed by atoms with Crippen molar-refractivity contribution in [2.75, 3.05) is 33.2 Å². The maximum Gasteiger partial charge on any atom is 0.238 e. The number of carbonyl (C=O) groups excluding carboxylic acids is 2. The van der Waals surface area contributed by atoms with Gasteiger partial charge in [-0.3, -0.25) is 14.5 Å². The fourth-order valence-corrected chi connectivity index (χ4v) is 3.81. The highest BCUT2D eigenvalue weighted by Crippen LogP contribution is 2.47. The highest BCUT2D eigenvalue weighted by Gasteiger charge is 2.57. The molecule has 0 aromatic carbocycles. The molecule has 0 spiro atoms. The summed E-state index contributed by atoms with van der Waals surface area (Å²) in [7, 11) is 1.59. The van der Waals surface area contributed by atoms with Crippen molar-refractivity contribution in [1.29, 1.82) is 0 Å². The summed E-state index contributed by atoms with van der Waals surface area (Å²) in [6, 6.07) is 0.260. The van der Waals surface area contributed by atoms with Gasteiger partial charge in [-0.2, -0.15) is 0 Å². The number of nitrogens with one attached hydrogen (secondary N) is 1. The lowest BCUT2D eigenvalue weighted by Gasteiger charge is -2.40. The van der Waals surface area contributed by atoms with Gasteiger partial charge in [-0.15, -0.1) is 0 Å². The van der Waals surface area contributed by atoms with Crippen LogP contribution in [0.1, 0.15) is 32.1 Å². The Morgan fingerprint density at radius 1 is 1.14 bits per heavy atom. The van der Waals surface area contributed by atoms with E-state index in [1.54, 1.807) is 7.05 Å². The zero-order valence-electron chi connectivity index (χ0n) is 12.7. The molecule has 3 rings (SSSR count). The molecule has 0 aromatic rings. The summed E-state index contributed by atoms with van der Waals surface area (Å²) in [5, 5.41) is 12.6. The highest BCUT2D eigenvalue weighted by molar-refractivity contribution is 6.07. The van der Waals surface area contributed by atoms with Crippen LogP contribution in [0.2, 0.25) is 0 Å². The maximum absolute atomic E-state index is 12.6. The van der Waals surface area contributed by atoms with Crippen LogP contribution in [0.3, 0.4) is 0 Å². The Morgan fingerprint density at radius 3 is 2.29 bits per heavy atom. The van der Waals surface area contributed by atoms with E-state index in [1.807, 2.05) is 4.90 Å². The Labute approximate surface area is 125 Å². The number of carbonyl (C=O) groups is 2. The van der Waals surface area contributed by atoms with E-state index in [0.717, 1.165) is 32.4 Å². The van der Waals surface area contributed by atoms with Crippen molar-refractivity contribution < 1.29 is 14.7 Å². The molecule has 3 fully saturated rings. The molecule has 21 heavy (non-hydrogen) atoms. The van der Waals surface area contributed by atoms with E-state index in [-0.39, 0.29) is 24.0 Å². The molecule has 2 atom stereocenters. The van der Waals surface area contributed by atoms with Crippen molar-refractivity contribution in [3.63, 3.8) is 0 Å². The average molecular weight is 295 g/mol. The molecule has 0 bridgehead atoms. The van der Waals surface area contributed by atoms with E-state index in [9.17, 15) is 14.7 Å². The topological polar surface area (TPSA) is 72.9 Å². The number of aliphatic hydroxyl groups excluding tert-OH is 1. The number of hydrogen-bond acceptors (Lipinski definition) is 4. The second-order valence-electron chi connectivity index (χ2n) is 6.55. The van der Waals surface area contributed by atoms with Crippen molar-refractivity contribution in [2.24, 2.45) is 5.41 Å². The molecule has 2 aliphatic carbocycles. The largest absolute Gasteiger partial charge is 0.391 e. The van der Waals surface area contributed by atoms with Crippen LogP contribution in [0.25, 0.3) is 0 Å². The molecule has 6 nitrogen and oxygen atoms in total. The third-order valence-corrected chi connectivity index (χ3v) is 5.34. The van der Waals surface area contributed by atoms with Gasteiger partial charge in [-0.05, 0) is 32.1 Å². The molecule has 1 aliphatic heterocycles. The van der Waals surface area contributed by atoms with E-state index in [2.05, 4.69) is 10.2 Å². The van der Waals surface area contributed by atoms with Crippen LogP contribution in [-0.4, -0.2) is 72.1 Å². The molecule has 0 radical (unpaired) electrons. The van der Waals surface area contributed by atoms with Gasteiger partial charge < -0.3 is 15.3 Å². The Hall–Kier alpha value is -1.14. The zero-order chi connectivity index (χ0) is 15.0. The van der Waals surface area contributed by atoms with Gasteiger partial charge in [-0.25, -0.2) is 0 Å². The second-order valence-corrected chi connectivity index (χ2v) is 6.55. The lowest BCUT2D eigenvalue weighted by atomic mass is 10.0. The molecule has 2 N–H and O–H groups in total. The molecule has 118 valence electrons. The minimum absolute atomic E-state index is 0.00605. The Bertz CT molecular complexity index is 428. The van der Waals surface area contributed by atoms with Crippen molar-refractivity contribution in [3.05, 3.63) is 0 Å². The normalized spacial score (nSPS) is 32.0. The first-order chi connectivity index (χ1) is 10.1. The monoisotopic (exact) mass is 295 g/mol.